The van der Waals surface area contributed by atoms with Crippen molar-refractivity contribution in [2.75, 3.05) is 0 Å². The third-order valence-corrected chi connectivity index (χ3v) is 3.43. The number of aromatic nitrogens is 2. The zero-order chi connectivity index (χ0) is 12.4. The van der Waals surface area contributed by atoms with Gasteiger partial charge in [0.2, 0.25) is 5.88 Å². The van der Waals surface area contributed by atoms with Crippen LogP contribution in [-0.4, -0.2) is 9.78 Å². The van der Waals surface area contributed by atoms with E-state index in [4.69, 9.17) is 10.5 Å². The van der Waals surface area contributed by atoms with Crippen LogP contribution in [0.1, 0.15) is 11.3 Å². The Labute approximate surface area is 114 Å². The average molecular weight is 343 g/mol. The second kappa shape index (κ2) is 5.05. The van der Waals surface area contributed by atoms with Crippen molar-refractivity contribution < 1.29 is 4.74 Å². The molecule has 90 valence electrons. The number of hydrogen-bond donors (Lipinski definition) is 1. The molecule has 0 saturated heterocycles. The molecule has 0 aliphatic carbocycles. The number of para-hydroxylation sites is 1. The van der Waals surface area contributed by atoms with Crippen LogP contribution < -0.4 is 10.5 Å². The minimum Gasteiger partial charge on any atom is -0.438 e. The van der Waals surface area contributed by atoms with Crippen LogP contribution in [0.4, 0.5) is 0 Å². The number of nitrogens with zero attached hydrogens (tertiary/aromatic N) is 2. The minimum atomic E-state index is 0.429. The fourth-order valence-electron chi connectivity index (χ4n) is 1.68. The highest BCUT2D eigenvalue weighted by molar-refractivity contribution is 14.1. The van der Waals surface area contributed by atoms with Gasteiger partial charge in [-0.15, -0.1) is 0 Å². The first-order valence-corrected chi connectivity index (χ1v) is 6.36. The number of ether oxygens (including phenoxy) is 1. The van der Waals surface area contributed by atoms with Gasteiger partial charge in [-0.2, -0.15) is 5.10 Å². The van der Waals surface area contributed by atoms with Crippen LogP contribution in [0.2, 0.25) is 0 Å². The maximum Gasteiger partial charge on any atom is 0.222 e. The number of halogens is 1. The molecule has 17 heavy (non-hydrogen) atoms. The van der Waals surface area contributed by atoms with E-state index in [-0.39, 0.29) is 0 Å². The Morgan fingerprint density at radius 3 is 2.76 bits per heavy atom. The maximum atomic E-state index is 5.90. The van der Waals surface area contributed by atoms with Crippen molar-refractivity contribution in [3.63, 3.8) is 0 Å². The zero-order valence-electron chi connectivity index (χ0n) is 9.77. The van der Waals surface area contributed by atoms with E-state index in [9.17, 15) is 0 Å². The maximum absolute atomic E-state index is 5.90. The normalized spacial score (nSPS) is 10.6. The molecule has 2 N–H and O–H groups in total. The molecule has 0 spiro atoms. The smallest absolute Gasteiger partial charge is 0.222 e. The first kappa shape index (κ1) is 12.4. The SMILES string of the molecule is Cc1nn(C)c(Oc2ccccc2I)c1CN. The van der Waals surface area contributed by atoms with Crippen LogP contribution >= 0.6 is 22.6 Å². The Kier molecular flexibility index (Phi) is 3.68. The second-order valence-corrected chi connectivity index (χ2v) is 4.89. The van der Waals surface area contributed by atoms with E-state index < -0.39 is 0 Å². The van der Waals surface area contributed by atoms with E-state index in [2.05, 4.69) is 27.7 Å². The zero-order valence-corrected chi connectivity index (χ0v) is 11.9. The summed E-state index contributed by atoms with van der Waals surface area (Å²) < 4.78 is 8.68. The molecule has 0 bridgehead atoms. The lowest BCUT2D eigenvalue weighted by atomic mass is 10.2. The van der Waals surface area contributed by atoms with E-state index in [1.807, 2.05) is 38.2 Å². The van der Waals surface area contributed by atoms with E-state index in [1.54, 1.807) is 4.68 Å². The second-order valence-electron chi connectivity index (χ2n) is 3.73. The summed E-state index contributed by atoms with van der Waals surface area (Å²) in [5.74, 6) is 1.54. The van der Waals surface area contributed by atoms with Gasteiger partial charge in [0.1, 0.15) is 5.75 Å². The Hall–Kier alpha value is -1.08. The van der Waals surface area contributed by atoms with Crippen LogP contribution in [0.3, 0.4) is 0 Å². The van der Waals surface area contributed by atoms with Gasteiger partial charge in [0.15, 0.2) is 0 Å². The minimum absolute atomic E-state index is 0.429. The predicted molar refractivity (Wildman–Crippen MR) is 75.1 cm³/mol. The van der Waals surface area contributed by atoms with Crippen molar-refractivity contribution in [3.05, 3.63) is 39.1 Å². The fraction of sp³-hybridized carbons (Fsp3) is 0.250. The molecule has 0 atom stereocenters. The molecule has 0 aliphatic rings. The number of hydrogen-bond acceptors (Lipinski definition) is 3. The van der Waals surface area contributed by atoms with Crippen LogP contribution in [-0.2, 0) is 13.6 Å². The van der Waals surface area contributed by atoms with E-state index in [1.165, 1.54) is 0 Å². The van der Waals surface area contributed by atoms with Gasteiger partial charge >= 0.3 is 0 Å². The van der Waals surface area contributed by atoms with Crippen molar-refractivity contribution >= 4 is 22.6 Å². The van der Waals surface area contributed by atoms with Crippen molar-refractivity contribution in [3.8, 4) is 11.6 Å². The summed E-state index contributed by atoms with van der Waals surface area (Å²) in [6.07, 6.45) is 0. The molecule has 0 unspecified atom stereocenters. The molecular weight excluding hydrogens is 329 g/mol. The van der Waals surface area contributed by atoms with Crippen molar-refractivity contribution in [2.45, 2.75) is 13.5 Å². The topological polar surface area (TPSA) is 53.1 Å². The van der Waals surface area contributed by atoms with Gasteiger partial charge in [-0.1, -0.05) is 12.1 Å². The quantitative estimate of drug-likeness (QED) is 0.872. The van der Waals surface area contributed by atoms with Crippen LogP contribution in [0, 0.1) is 10.5 Å². The highest BCUT2D eigenvalue weighted by Crippen LogP contribution is 2.29. The summed E-state index contributed by atoms with van der Waals surface area (Å²) in [6.45, 7) is 2.36. The number of aryl methyl sites for hydroxylation is 2. The Balaban J connectivity index is 2.40. The van der Waals surface area contributed by atoms with Gasteiger partial charge in [-0.05, 0) is 41.6 Å². The standard InChI is InChI=1S/C12H14IN3O/c1-8-9(7-14)12(16(2)15-8)17-11-6-4-3-5-10(11)13/h3-6H,7,14H2,1-2H3. The highest BCUT2D eigenvalue weighted by Gasteiger charge is 2.14. The van der Waals surface area contributed by atoms with Gasteiger partial charge in [-0.3, -0.25) is 0 Å². The summed E-state index contributed by atoms with van der Waals surface area (Å²) in [5, 5.41) is 4.32. The number of nitrogens with two attached hydrogens (primary N) is 1. The van der Waals surface area contributed by atoms with Gasteiger partial charge in [0, 0.05) is 13.6 Å². The number of rotatable bonds is 3. The lowest BCUT2D eigenvalue weighted by Crippen LogP contribution is -2.01. The fourth-order valence-corrected chi connectivity index (χ4v) is 2.17. The first-order valence-electron chi connectivity index (χ1n) is 5.28. The molecule has 5 heteroatoms. The summed E-state index contributed by atoms with van der Waals surface area (Å²) in [5.41, 5.74) is 7.59. The van der Waals surface area contributed by atoms with Crippen LogP contribution in [0.25, 0.3) is 0 Å². The molecular formula is C12H14IN3O. The van der Waals surface area contributed by atoms with Crippen molar-refractivity contribution in [2.24, 2.45) is 12.8 Å². The van der Waals surface area contributed by atoms with Gasteiger partial charge in [-0.25, -0.2) is 4.68 Å². The molecule has 4 nitrogen and oxygen atoms in total. The Bertz CT molecular complexity index is 537. The highest BCUT2D eigenvalue weighted by atomic mass is 127. The molecule has 0 saturated carbocycles. The Morgan fingerprint density at radius 1 is 1.41 bits per heavy atom. The Morgan fingerprint density at radius 2 is 2.12 bits per heavy atom. The third-order valence-electron chi connectivity index (χ3n) is 2.54. The summed E-state index contributed by atoms with van der Waals surface area (Å²) in [6, 6.07) is 7.86. The molecule has 0 amide bonds. The van der Waals surface area contributed by atoms with E-state index >= 15 is 0 Å². The molecule has 2 aromatic rings. The summed E-state index contributed by atoms with van der Waals surface area (Å²) in [4.78, 5) is 0. The monoisotopic (exact) mass is 343 g/mol. The average Bonchev–Trinajstić information content (AvgIpc) is 2.56. The molecule has 1 aromatic heterocycles. The van der Waals surface area contributed by atoms with Crippen molar-refractivity contribution in [1.82, 2.24) is 9.78 Å². The van der Waals surface area contributed by atoms with Gasteiger partial charge in [0.25, 0.3) is 0 Å². The van der Waals surface area contributed by atoms with Gasteiger partial charge < -0.3 is 10.5 Å². The predicted octanol–water partition coefficient (Wildman–Crippen LogP) is 2.58. The first-order chi connectivity index (χ1) is 8.13. The number of benzene rings is 1. The van der Waals surface area contributed by atoms with E-state index in [0.29, 0.717) is 12.4 Å². The van der Waals surface area contributed by atoms with Gasteiger partial charge in [0.05, 0.1) is 14.8 Å². The molecule has 0 radical (unpaired) electrons. The summed E-state index contributed by atoms with van der Waals surface area (Å²) in [7, 11) is 1.86. The molecule has 1 heterocycles. The third kappa shape index (κ3) is 2.44. The molecule has 0 aliphatic heterocycles. The van der Waals surface area contributed by atoms with E-state index in [0.717, 1.165) is 20.6 Å². The van der Waals surface area contributed by atoms with Crippen molar-refractivity contribution in [1.29, 1.82) is 0 Å². The van der Waals surface area contributed by atoms with Crippen LogP contribution in [0.15, 0.2) is 24.3 Å². The molecule has 2 rings (SSSR count). The lowest BCUT2D eigenvalue weighted by molar-refractivity contribution is 0.423. The summed E-state index contributed by atoms with van der Waals surface area (Å²) >= 11 is 2.24. The largest absolute Gasteiger partial charge is 0.438 e. The lowest BCUT2D eigenvalue weighted by Gasteiger charge is -2.09. The molecule has 0 fully saturated rings. The van der Waals surface area contributed by atoms with Crippen LogP contribution in [0.5, 0.6) is 11.6 Å². The molecule has 1 aromatic carbocycles.